The molecular formula is C16H24N2O. The monoisotopic (exact) mass is 260 g/mol. The predicted molar refractivity (Wildman–Crippen MR) is 78.2 cm³/mol. The van der Waals surface area contributed by atoms with Crippen LogP contribution in [0.3, 0.4) is 0 Å². The fourth-order valence-corrected chi connectivity index (χ4v) is 1.70. The number of benzene rings is 1. The van der Waals surface area contributed by atoms with E-state index in [1.807, 2.05) is 24.3 Å². The van der Waals surface area contributed by atoms with Crippen LogP contribution in [0.4, 0.5) is 0 Å². The van der Waals surface area contributed by atoms with Crippen molar-refractivity contribution in [2.24, 2.45) is 5.92 Å². The summed E-state index contributed by atoms with van der Waals surface area (Å²) in [5.74, 6) is 1.62. The molecule has 0 amide bonds. The molecule has 0 aliphatic rings. The lowest BCUT2D eigenvalue weighted by atomic mass is 10.1. The van der Waals surface area contributed by atoms with Gasteiger partial charge in [0.1, 0.15) is 12.4 Å². The molecule has 0 aliphatic heterocycles. The van der Waals surface area contributed by atoms with Crippen molar-refractivity contribution in [2.75, 3.05) is 26.7 Å². The van der Waals surface area contributed by atoms with E-state index in [0.717, 1.165) is 30.3 Å². The molecule has 0 aliphatic carbocycles. The second-order valence-electron chi connectivity index (χ2n) is 5.31. The van der Waals surface area contributed by atoms with Crippen LogP contribution < -0.4 is 4.74 Å². The minimum Gasteiger partial charge on any atom is -0.492 e. The van der Waals surface area contributed by atoms with Crippen molar-refractivity contribution in [3.05, 3.63) is 29.8 Å². The van der Waals surface area contributed by atoms with Gasteiger partial charge in [-0.05, 0) is 43.6 Å². The van der Waals surface area contributed by atoms with E-state index in [1.54, 1.807) is 0 Å². The van der Waals surface area contributed by atoms with Gasteiger partial charge in [-0.1, -0.05) is 26.0 Å². The smallest absolute Gasteiger partial charge is 0.119 e. The number of nitriles is 1. The van der Waals surface area contributed by atoms with Gasteiger partial charge in [0.05, 0.1) is 12.5 Å². The Morgan fingerprint density at radius 2 is 1.89 bits per heavy atom. The number of hydrogen-bond donors (Lipinski definition) is 0. The molecule has 0 radical (unpaired) electrons. The standard InChI is InChI=1S/C16H24N2O/c1-14(2)9-11-18(3)12-13-19-16-6-4-15(5-7-16)8-10-17/h4-7,14H,8-9,11-13H2,1-3H3. The van der Waals surface area contributed by atoms with Crippen molar-refractivity contribution in [2.45, 2.75) is 26.7 Å². The molecule has 0 saturated heterocycles. The second-order valence-corrected chi connectivity index (χ2v) is 5.31. The highest BCUT2D eigenvalue weighted by Gasteiger charge is 2.01. The zero-order valence-corrected chi connectivity index (χ0v) is 12.2. The third-order valence-corrected chi connectivity index (χ3v) is 3.04. The van der Waals surface area contributed by atoms with Gasteiger partial charge in [-0.25, -0.2) is 0 Å². The molecule has 1 aromatic carbocycles. The van der Waals surface area contributed by atoms with Crippen LogP contribution in [0, 0.1) is 17.2 Å². The summed E-state index contributed by atoms with van der Waals surface area (Å²) in [6.07, 6.45) is 1.68. The molecule has 19 heavy (non-hydrogen) atoms. The third kappa shape index (κ3) is 6.83. The number of rotatable bonds is 8. The molecule has 0 saturated carbocycles. The van der Waals surface area contributed by atoms with E-state index in [0.29, 0.717) is 13.0 Å². The molecule has 3 heteroatoms. The third-order valence-electron chi connectivity index (χ3n) is 3.04. The Balaban J connectivity index is 2.23. The summed E-state index contributed by atoms with van der Waals surface area (Å²) in [5, 5.41) is 8.59. The van der Waals surface area contributed by atoms with Gasteiger partial charge in [-0.3, -0.25) is 0 Å². The first-order valence-corrected chi connectivity index (χ1v) is 6.89. The van der Waals surface area contributed by atoms with E-state index in [2.05, 4.69) is 31.9 Å². The minimum atomic E-state index is 0.457. The van der Waals surface area contributed by atoms with Crippen LogP contribution in [0.5, 0.6) is 5.75 Å². The predicted octanol–water partition coefficient (Wildman–Crippen LogP) is 3.11. The summed E-state index contributed by atoms with van der Waals surface area (Å²) in [4.78, 5) is 2.30. The molecule has 0 fully saturated rings. The van der Waals surface area contributed by atoms with Crippen LogP contribution in [0.1, 0.15) is 25.8 Å². The Kier molecular flexibility index (Phi) is 6.99. The van der Waals surface area contributed by atoms with E-state index in [1.165, 1.54) is 6.42 Å². The first-order valence-electron chi connectivity index (χ1n) is 6.89. The zero-order valence-electron chi connectivity index (χ0n) is 12.2. The van der Waals surface area contributed by atoms with Crippen molar-refractivity contribution in [1.82, 2.24) is 4.90 Å². The maximum Gasteiger partial charge on any atom is 0.119 e. The second kappa shape index (κ2) is 8.55. The summed E-state index contributed by atoms with van der Waals surface area (Å²) < 4.78 is 5.69. The summed E-state index contributed by atoms with van der Waals surface area (Å²) in [6, 6.07) is 9.89. The summed E-state index contributed by atoms with van der Waals surface area (Å²) in [5.41, 5.74) is 1.03. The van der Waals surface area contributed by atoms with E-state index >= 15 is 0 Å². The highest BCUT2D eigenvalue weighted by atomic mass is 16.5. The molecule has 0 heterocycles. The van der Waals surface area contributed by atoms with Crippen molar-refractivity contribution in [3.63, 3.8) is 0 Å². The average molecular weight is 260 g/mol. The quantitative estimate of drug-likeness (QED) is 0.720. The van der Waals surface area contributed by atoms with Crippen LogP contribution in [-0.4, -0.2) is 31.6 Å². The van der Waals surface area contributed by atoms with Gasteiger partial charge in [-0.2, -0.15) is 5.26 Å². The number of likely N-dealkylation sites (N-methyl/N-ethyl adjacent to an activating group) is 1. The van der Waals surface area contributed by atoms with Gasteiger partial charge in [0.2, 0.25) is 0 Å². The maximum atomic E-state index is 8.59. The Bertz CT molecular complexity index is 392. The van der Waals surface area contributed by atoms with Gasteiger partial charge < -0.3 is 9.64 Å². The van der Waals surface area contributed by atoms with Gasteiger partial charge in [0, 0.05) is 6.54 Å². The van der Waals surface area contributed by atoms with E-state index in [4.69, 9.17) is 10.00 Å². The van der Waals surface area contributed by atoms with Gasteiger partial charge >= 0.3 is 0 Å². The fourth-order valence-electron chi connectivity index (χ4n) is 1.70. The lowest BCUT2D eigenvalue weighted by Gasteiger charge is -2.18. The summed E-state index contributed by atoms with van der Waals surface area (Å²) in [7, 11) is 2.13. The Morgan fingerprint density at radius 1 is 1.21 bits per heavy atom. The van der Waals surface area contributed by atoms with Crippen molar-refractivity contribution >= 4 is 0 Å². The van der Waals surface area contributed by atoms with Crippen LogP contribution in [-0.2, 0) is 6.42 Å². The van der Waals surface area contributed by atoms with Crippen LogP contribution >= 0.6 is 0 Å². The Labute approximate surface area is 116 Å². The van der Waals surface area contributed by atoms with Gasteiger partial charge in [0.25, 0.3) is 0 Å². The van der Waals surface area contributed by atoms with Crippen molar-refractivity contribution in [1.29, 1.82) is 5.26 Å². The lowest BCUT2D eigenvalue weighted by molar-refractivity contribution is 0.230. The SMILES string of the molecule is CC(C)CCN(C)CCOc1ccc(CC#N)cc1. The van der Waals surface area contributed by atoms with Gasteiger partial charge in [-0.15, -0.1) is 0 Å². The van der Waals surface area contributed by atoms with Crippen LogP contribution in [0.2, 0.25) is 0 Å². The fraction of sp³-hybridized carbons (Fsp3) is 0.562. The molecule has 3 nitrogen and oxygen atoms in total. The lowest BCUT2D eigenvalue weighted by Crippen LogP contribution is -2.26. The normalized spacial score (nSPS) is 10.7. The molecule has 0 spiro atoms. The molecule has 0 unspecified atom stereocenters. The van der Waals surface area contributed by atoms with E-state index < -0.39 is 0 Å². The first kappa shape index (κ1) is 15.5. The molecule has 1 rings (SSSR count). The maximum absolute atomic E-state index is 8.59. The first-order chi connectivity index (χ1) is 9.11. The summed E-state index contributed by atoms with van der Waals surface area (Å²) >= 11 is 0. The molecule has 104 valence electrons. The summed E-state index contributed by atoms with van der Waals surface area (Å²) in [6.45, 7) is 7.24. The van der Waals surface area contributed by atoms with Crippen LogP contribution in [0.25, 0.3) is 0 Å². The molecule has 0 N–H and O–H groups in total. The largest absolute Gasteiger partial charge is 0.492 e. The molecule has 0 bridgehead atoms. The number of ether oxygens (including phenoxy) is 1. The van der Waals surface area contributed by atoms with E-state index in [9.17, 15) is 0 Å². The Morgan fingerprint density at radius 3 is 2.47 bits per heavy atom. The number of nitrogens with zero attached hydrogens (tertiary/aromatic N) is 2. The Hall–Kier alpha value is -1.53. The van der Waals surface area contributed by atoms with Gasteiger partial charge in [0.15, 0.2) is 0 Å². The average Bonchev–Trinajstić information content (AvgIpc) is 2.39. The highest BCUT2D eigenvalue weighted by Crippen LogP contribution is 2.12. The van der Waals surface area contributed by atoms with Crippen LogP contribution in [0.15, 0.2) is 24.3 Å². The molecule has 0 aromatic heterocycles. The molecular weight excluding hydrogens is 236 g/mol. The topological polar surface area (TPSA) is 36.3 Å². The van der Waals surface area contributed by atoms with E-state index in [-0.39, 0.29) is 0 Å². The molecule has 0 atom stereocenters. The van der Waals surface area contributed by atoms with Crippen molar-refractivity contribution < 1.29 is 4.74 Å². The zero-order chi connectivity index (χ0) is 14.1. The number of hydrogen-bond acceptors (Lipinski definition) is 3. The highest BCUT2D eigenvalue weighted by molar-refractivity contribution is 5.28. The minimum absolute atomic E-state index is 0.457. The van der Waals surface area contributed by atoms with Crippen molar-refractivity contribution in [3.8, 4) is 11.8 Å². The molecule has 1 aromatic rings.